The van der Waals surface area contributed by atoms with Crippen LogP contribution in [-0.4, -0.2) is 4.98 Å². The van der Waals surface area contributed by atoms with Gasteiger partial charge in [-0.3, -0.25) is 4.98 Å². The molecule has 0 N–H and O–H groups in total. The molecular weight excluding hydrogens is 280 g/mol. The molecule has 1 heterocycles. The van der Waals surface area contributed by atoms with Crippen molar-refractivity contribution in [3.8, 4) is 11.8 Å². The topological polar surface area (TPSA) is 45.9 Å². The second-order valence-electron chi connectivity index (χ2n) is 3.40. The van der Waals surface area contributed by atoms with Gasteiger partial charge in [-0.2, -0.15) is 5.26 Å². The third-order valence-corrected chi connectivity index (χ3v) is 2.65. The maximum absolute atomic E-state index is 8.93. The van der Waals surface area contributed by atoms with E-state index >= 15 is 0 Å². The van der Waals surface area contributed by atoms with Gasteiger partial charge >= 0.3 is 0 Å². The SMILES string of the molecule is N#Cc1ccccc1COc1cncc(Br)c1. The molecule has 0 fully saturated rings. The number of ether oxygens (including phenoxy) is 1. The van der Waals surface area contributed by atoms with Crippen LogP contribution in [0, 0.1) is 11.3 Å². The van der Waals surface area contributed by atoms with Gasteiger partial charge in [0, 0.05) is 16.2 Å². The molecule has 0 amide bonds. The maximum Gasteiger partial charge on any atom is 0.139 e. The minimum atomic E-state index is 0.363. The fraction of sp³-hybridized carbons (Fsp3) is 0.0769. The van der Waals surface area contributed by atoms with Crippen LogP contribution in [0.15, 0.2) is 47.2 Å². The zero-order chi connectivity index (χ0) is 12.1. The lowest BCUT2D eigenvalue weighted by atomic mass is 10.1. The first-order chi connectivity index (χ1) is 8.29. The predicted molar refractivity (Wildman–Crippen MR) is 67.4 cm³/mol. The summed E-state index contributed by atoms with van der Waals surface area (Å²) in [5.74, 6) is 0.673. The van der Waals surface area contributed by atoms with Crippen LogP contribution >= 0.6 is 15.9 Å². The normalized spacial score (nSPS) is 9.65. The first-order valence-corrected chi connectivity index (χ1v) is 5.80. The first-order valence-electron chi connectivity index (χ1n) is 5.01. The Kier molecular flexibility index (Phi) is 3.73. The molecule has 0 aliphatic rings. The van der Waals surface area contributed by atoms with Gasteiger partial charge in [0.05, 0.1) is 17.8 Å². The molecule has 0 saturated heterocycles. The summed E-state index contributed by atoms with van der Waals surface area (Å²) in [6.07, 6.45) is 3.33. The molecule has 4 heteroatoms. The molecule has 0 radical (unpaired) electrons. The number of hydrogen-bond acceptors (Lipinski definition) is 3. The molecule has 0 aliphatic carbocycles. The fourth-order valence-electron chi connectivity index (χ4n) is 1.39. The third-order valence-electron chi connectivity index (χ3n) is 2.21. The largest absolute Gasteiger partial charge is 0.487 e. The molecule has 0 atom stereocenters. The summed E-state index contributed by atoms with van der Waals surface area (Å²) in [7, 11) is 0. The number of hydrogen-bond donors (Lipinski definition) is 0. The van der Waals surface area contributed by atoms with E-state index < -0.39 is 0 Å². The maximum atomic E-state index is 8.93. The van der Waals surface area contributed by atoms with Crippen LogP contribution in [-0.2, 0) is 6.61 Å². The van der Waals surface area contributed by atoms with Gasteiger partial charge < -0.3 is 4.74 Å². The molecule has 1 aromatic carbocycles. The van der Waals surface area contributed by atoms with E-state index in [2.05, 4.69) is 27.0 Å². The Hall–Kier alpha value is -1.86. The van der Waals surface area contributed by atoms with Gasteiger partial charge in [-0.1, -0.05) is 18.2 Å². The van der Waals surface area contributed by atoms with Crippen molar-refractivity contribution in [1.82, 2.24) is 4.98 Å². The van der Waals surface area contributed by atoms with Gasteiger partial charge in [0.25, 0.3) is 0 Å². The van der Waals surface area contributed by atoms with E-state index in [0.717, 1.165) is 10.0 Å². The van der Waals surface area contributed by atoms with E-state index in [1.54, 1.807) is 18.5 Å². The quantitative estimate of drug-likeness (QED) is 0.871. The van der Waals surface area contributed by atoms with Crippen LogP contribution in [0.4, 0.5) is 0 Å². The molecule has 1 aromatic heterocycles. The van der Waals surface area contributed by atoms with Crippen molar-refractivity contribution in [1.29, 1.82) is 5.26 Å². The predicted octanol–water partition coefficient (Wildman–Crippen LogP) is 3.29. The number of halogens is 1. The minimum absolute atomic E-state index is 0.363. The van der Waals surface area contributed by atoms with E-state index in [1.807, 2.05) is 24.3 Å². The monoisotopic (exact) mass is 288 g/mol. The van der Waals surface area contributed by atoms with Crippen LogP contribution < -0.4 is 4.74 Å². The lowest BCUT2D eigenvalue weighted by Crippen LogP contribution is -1.98. The molecule has 0 bridgehead atoms. The number of rotatable bonds is 3. The number of nitrogens with zero attached hydrogens (tertiary/aromatic N) is 2. The second-order valence-corrected chi connectivity index (χ2v) is 4.31. The Balaban J connectivity index is 2.10. The molecule has 0 aliphatic heterocycles. The summed E-state index contributed by atoms with van der Waals surface area (Å²) >= 11 is 3.32. The Morgan fingerprint density at radius 3 is 2.88 bits per heavy atom. The molecule has 0 unspecified atom stereocenters. The number of benzene rings is 1. The highest BCUT2D eigenvalue weighted by Crippen LogP contribution is 2.18. The first kappa shape index (κ1) is 11.6. The van der Waals surface area contributed by atoms with Gasteiger partial charge in [0.2, 0.25) is 0 Å². The molecule has 3 nitrogen and oxygen atoms in total. The summed E-state index contributed by atoms with van der Waals surface area (Å²) in [6, 6.07) is 11.4. The van der Waals surface area contributed by atoms with Gasteiger partial charge in [-0.05, 0) is 28.1 Å². The lowest BCUT2D eigenvalue weighted by Gasteiger charge is -2.07. The van der Waals surface area contributed by atoms with Crippen molar-refractivity contribution in [3.63, 3.8) is 0 Å². The molecule has 17 heavy (non-hydrogen) atoms. The molecule has 0 spiro atoms. The van der Waals surface area contributed by atoms with E-state index in [4.69, 9.17) is 10.00 Å². The summed E-state index contributed by atoms with van der Waals surface area (Å²) in [6.45, 7) is 0.363. The average Bonchev–Trinajstić information content (AvgIpc) is 2.37. The number of pyridine rings is 1. The summed E-state index contributed by atoms with van der Waals surface area (Å²) < 4.78 is 6.44. The van der Waals surface area contributed by atoms with Crippen LogP contribution in [0.1, 0.15) is 11.1 Å². The summed E-state index contributed by atoms with van der Waals surface area (Å²) in [5.41, 5.74) is 1.51. The van der Waals surface area contributed by atoms with Crippen molar-refractivity contribution in [3.05, 3.63) is 58.3 Å². The van der Waals surface area contributed by atoms with Crippen molar-refractivity contribution in [2.45, 2.75) is 6.61 Å². The van der Waals surface area contributed by atoms with Crippen molar-refractivity contribution < 1.29 is 4.74 Å². The zero-order valence-corrected chi connectivity index (χ0v) is 10.5. The number of nitriles is 1. The summed E-state index contributed by atoms with van der Waals surface area (Å²) in [5, 5.41) is 8.93. The highest BCUT2D eigenvalue weighted by molar-refractivity contribution is 9.10. The van der Waals surface area contributed by atoms with E-state index in [9.17, 15) is 0 Å². The number of aromatic nitrogens is 1. The minimum Gasteiger partial charge on any atom is -0.487 e. The van der Waals surface area contributed by atoms with Gasteiger partial charge in [0.15, 0.2) is 0 Å². The Morgan fingerprint density at radius 2 is 2.12 bits per heavy atom. The Morgan fingerprint density at radius 1 is 1.29 bits per heavy atom. The molecule has 84 valence electrons. The molecule has 2 aromatic rings. The molecule has 2 rings (SSSR count). The van der Waals surface area contributed by atoms with E-state index in [1.165, 1.54) is 0 Å². The van der Waals surface area contributed by atoms with Gasteiger partial charge in [-0.15, -0.1) is 0 Å². The second kappa shape index (κ2) is 5.46. The standard InChI is InChI=1S/C13H9BrN2O/c14-12-5-13(8-16-7-12)17-9-11-4-2-1-3-10(11)6-15/h1-5,7-8H,9H2. The average molecular weight is 289 g/mol. The highest BCUT2D eigenvalue weighted by atomic mass is 79.9. The van der Waals surface area contributed by atoms with Crippen LogP contribution in [0.3, 0.4) is 0 Å². The highest BCUT2D eigenvalue weighted by Gasteiger charge is 2.02. The van der Waals surface area contributed by atoms with Crippen molar-refractivity contribution >= 4 is 15.9 Å². The Labute approximate surface area is 108 Å². The van der Waals surface area contributed by atoms with Crippen LogP contribution in [0.25, 0.3) is 0 Å². The van der Waals surface area contributed by atoms with E-state index in [0.29, 0.717) is 17.9 Å². The van der Waals surface area contributed by atoms with Gasteiger partial charge in [-0.25, -0.2) is 0 Å². The molecule has 0 saturated carbocycles. The molecular formula is C13H9BrN2O. The van der Waals surface area contributed by atoms with Crippen LogP contribution in [0.2, 0.25) is 0 Å². The fourth-order valence-corrected chi connectivity index (χ4v) is 1.73. The van der Waals surface area contributed by atoms with Crippen molar-refractivity contribution in [2.75, 3.05) is 0 Å². The lowest BCUT2D eigenvalue weighted by molar-refractivity contribution is 0.304. The summed E-state index contributed by atoms with van der Waals surface area (Å²) in [4.78, 5) is 4.00. The van der Waals surface area contributed by atoms with E-state index in [-0.39, 0.29) is 0 Å². The Bertz CT molecular complexity index is 563. The van der Waals surface area contributed by atoms with Gasteiger partial charge in [0.1, 0.15) is 12.4 Å². The van der Waals surface area contributed by atoms with Crippen molar-refractivity contribution in [2.24, 2.45) is 0 Å². The third kappa shape index (κ3) is 3.05. The smallest absolute Gasteiger partial charge is 0.139 e. The van der Waals surface area contributed by atoms with Crippen LogP contribution in [0.5, 0.6) is 5.75 Å². The zero-order valence-electron chi connectivity index (χ0n) is 8.93.